The fraction of sp³-hybridized carbons (Fsp3) is 0. The van der Waals surface area contributed by atoms with E-state index < -0.39 is 10.0 Å². The highest BCUT2D eigenvalue weighted by Gasteiger charge is 2.13. The Morgan fingerprint density at radius 2 is 1.76 bits per heavy atom. The van der Waals surface area contributed by atoms with E-state index in [1.807, 2.05) is 36.4 Å². The summed E-state index contributed by atoms with van der Waals surface area (Å²) in [5.74, 6) is 0. The summed E-state index contributed by atoms with van der Waals surface area (Å²) < 4.78 is 22.8. The van der Waals surface area contributed by atoms with Gasteiger partial charge in [-0.15, -0.1) is 11.3 Å². The van der Waals surface area contributed by atoms with Crippen LogP contribution in [0, 0.1) is 0 Å². The lowest BCUT2D eigenvalue weighted by Crippen LogP contribution is -2.09. The number of nitrogens with two attached hydrogens (primary N) is 1. The van der Waals surface area contributed by atoms with Crippen LogP contribution in [0.5, 0.6) is 0 Å². The van der Waals surface area contributed by atoms with E-state index in [0.29, 0.717) is 0 Å². The van der Waals surface area contributed by atoms with Crippen molar-refractivity contribution in [1.29, 1.82) is 0 Å². The third kappa shape index (κ3) is 2.99. The largest absolute Gasteiger partial charge is 0.247 e. The zero-order valence-corrected chi connectivity index (χ0v) is 12.4. The Kier molecular flexibility index (Phi) is 3.54. The second kappa shape index (κ2) is 5.36. The fourth-order valence-electron chi connectivity index (χ4n) is 1.88. The maximum Gasteiger partial charge on any atom is 0.247 e. The Balaban J connectivity index is 2.03. The van der Waals surface area contributed by atoms with Gasteiger partial charge in [0.25, 0.3) is 0 Å². The number of nitrogens with zero attached hydrogens (tertiary/aromatic N) is 2. The smallest absolute Gasteiger partial charge is 0.224 e. The highest BCUT2D eigenvalue weighted by Crippen LogP contribution is 2.31. The minimum Gasteiger partial charge on any atom is -0.224 e. The zero-order chi connectivity index (χ0) is 14.9. The number of thiophene rings is 1. The van der Waals surface area contributed by atoms with Gasteiger partial charge in [-0.3, -0.25) is 0 Å². The van der Waals surface area contributed by atoms with Crippen LogP contribution in [0.2, 0.25) is 0 Å². The first-order chi connectivity index (χ1) is 10.0. The van der Waals surface area contributed by atoms with E-state index in [1.54, 1.807) is 12.3 Å². The van der Waals surface area contributed by atoms with E-state index in [0.717, 1.165) is 33.0 Å². The first-order valence-corrected chi connectivity index (χ1v) is 8.41. The van der Waals surface area contributed by atoms with Crippen LogP contribution in [0.3, 0.4) is 0 Å². The van der Waals surface area contributed by atoms with Crippen LogP contribution in [0.25, 0.3) is 21.7 Å². The Labute approximate surface area is 126 Å². The number of sulfonamides is 1. The third-order valence-corrected chi connectivity index (χ3v) is 5.44. The summed E-state index contributed by atoms with van der Waals surface area (Å²) in [6.45, 7) is 0. The van der Waals surface area contributed by atoms with Crippen LogP contribution >= 0.6 is 11.3 Å². The molecule has 5 nitrogen and oxygen atoms in total. The third-order valence-electron chi connectivity index (χ3n) is 2.87. The Hall–Kier alpha value is -2.09. The minimum absolute atomic E-state index is 0.135. The van der Waals surface area contributed by atoms with Crippen LogP contribution in [-0.4, -0.2) is 18.6 Å². The van der Waals surface area contributed by atoms with E-state index in [4.69, 9.17) is 5.14 Å². The number of primary sulfonamides is 1. The highest BCUT2D eigenvalue weighted by atomic mass is 32.2. The molecule has 0 aliphatic carbocycles. The molecule has 0 amide bonds. The summed E-state index contributed by atoms with van der Waals surface area (Å²) in [6.07, 6.45) is 1.60. The molecule has 0 aliphatic heterocycles. The summed E-state index contributed by atoms with van der Waals surface area (Å²) in [5.41, 5.74) is 2.50. The maximum absolute atomic E-state index is 11.3. The van der Waals surface area contributed by atoms with Crippen molar-refractivity contribution in [3.05, 3.63) is 54.7 Å². The first kappa shape index (κ1) is 13.9. The van der Waals surface area contributed by atoms with Crippen molar-refractivity contribution in [2.75, 3.05) is 0 Å². The van der Waals surface area contributed by atoms with Crippen LogP contribution in [0.15, 0.2) is 58.9 Å². The topological polar surface area (TPSA) is 85.9 Å². The van der Waals surface area contributed by atoms with Crippen molar-refractivity contribution >= 4 is 21.4 Å². The average Bonchev–Trinajstić information content (AvgIpc) is 2.98. The molecule has 7 heteroatoms. The first-order valence-electron chi connectivity index (χ1n) is 6.05. The quantitative estimate of drug-likeness (QED) is 0.804. The molecule has 3 rings (SSSR count). The molecule has 0 saturated heterocycles. The van der Waals surface area contributed by atoms with Crippen molar-refractivity contribution in [2.24, 2.45) is 5.14 Å². The minimum atomic E-state index is -3.67. The molecule has 0 bridgehead atoms. The molecule has 0 fully saturated rings. The van der Waals surface area contributed by atoms with Crippen molar-refractivity contribution in [1.82, 2.24) is 10.2 Å². The number of benzene rings is 1. The molecule has 106 valence electrons. The molecular formula is C14H11N3O2S2. The van der Waals surface area contributed by atoms with E-state index >= 15 is 0 Å². The molecule has 21 heavy (non-hydrogen) atoms. The Morgan fingerprint density at radius 3 is 2.43 bits per heavy atom. The van der Waals surface area contributed by atoms with E-state index in [1.165, 1.54) is 6.07 Å². The summed E-state index contributed by atoms with van der Waals surface area (Å²) in [5, 5.41) is 13.2. The summed E-state index contributed by atoms with van der Waals surface area (Å²) in [6, 6.07) is 14.8. The molecule has 0 spiro atoms. The Morgan fingerprint density at radius 1 is 1.00 bits per heavy atom. The molecule has 0 aliphatic rings. The lowest BCUT2D eigenvalue weighted by molar-refractivity contribution is 0.600. The van der Waals surface area contributed by atoms with Gasteiger partial charge in [0.2, 0.25) is 10.0 Å². The summed E-state index contributed by atoms with van der Waals surface area (Å²) in [4.78, 5) is 0.783. The molecule has 0 radical (unpaired) electrons. The molecule has 1 aromatic carbocycles. The predicted molar refractivity (Wildman–Crippen MR) is 82.2 cm³/mol. The van der Waals surface area contributed by atoms with Gasteiger partial charge in [-0.2, -0.15) is 10.2 Å². The second-order valence-electron chi connectivity index (χ2n) is 4.36. The molecular weight excluding hydrogens is 306 g/mol. The monoisotopic (exact) mass is 317 g/mol. The number of hydrogen-bond acceptors (Lipinski definition) is 5. The molecule has 2 aromatic heterocycles. The number of aromatic nitrogens is 2. The van der Waals surface area contributed by atoms with Gasteiger partial charge in [0.15, 0.2) is 0 Å². The zero-order valence-electron chi connectivity index (χ0n) is 10.8. The standard InChI is InChI=1S/C14H11N3O2S2/c15-21(18,19)14-7-6-13(20-14)11-8-12(17-16-9-11)10-4-2-1-3-5-10/h1-9H,(H2,15,18,19). The van der Waals surface area contributed by atoms with Gasteiger partial charge in [0, 0.05) is 16.0 Å². The average molecular weight is 317 g/mol. The van der Waals surface area contributed by atoms with Crippen molar-refractivity contribution in [3.8, 4) is 21.7 Å². The van der Waals surface area contributed by atoms with Gasteiger partial charge < -0.3 is 0 Å². The van der Waals surface area contributed by atoms with E-state index in [9.17, 15) is 8.42 Å². The second-order valence-corrected chi connectivity index (χ2v) is 7.23. The molecule has 3 aromatic rings. The molecule has 2 N–H and O–H groups in total. The fourth-order valence-corrected chi connectivity index (χ4v) is 3.59. The molecule has 0 atom stereocenters. The normalized spacial score (nSPS) is 11.5. The molecule has 0 unspecified atom stereocenters. The van der Waals surface area contributed by atoms with Gasteiger partial charge in [-0.25, -0.2) is 13.6 Å². The predicted octanol–water partition coefficient (Wildman–Crippen LogP) is 2.52. The van der Waals surface area contributed by atoms with Crippen molar-refractivity contribution in [2.45, 2.75) is 4.21 Å². The van der Waals surface area contributed by atoms with Gasteiger partial charge in [-0.1, -0.05) is 30.3 Å². The van der Waals surface area contributed by atoms with Gasteiger partial charge in [0.05, 0.1) is 11.9 Å². The molecule has 0 saturated carbocycles. The van der Waals surface area contributed by atoms with Crippen molar-refractivity contribution in [3.63, 3.8) is 0 Å². The van der Waals surface area contributed by atoms with Crippen LogP contribution < -0.4 is 5.14 Å². The van der Waals surface area contributed by atoms with Crippen molar-refractivity contribution < 1.29 is 8.42 Å². The SMILES string of the molecule is NS(=O)(=O)c1ccc(-c2cnnc(-c3ccccc3)c2)s1. The summed E-state index contributed by atoms with van der Waals surface area (Å²) in [7, 11) is -3.67. The Bertz CT molecular complexity index is 874. The lowest BCUT2D eigenvalue weighted by Gasteiger charge is -2.01. The molecule has 2 heterocycles. The van der Waals surface area contributed by atoms with E-state index in [-0.39, 0.29) is 4.21 Å². The van der Waals surface area contributed by atoms with Gasteiger partial charge in [0.1, 0.15) is 4.21 Å². The number of hydrogen-bond donors (Lipinski definition) is 1. The lowest BCUT2D eigenvalue weighted by atomic mass is 10.1. The highest BCUT2D eigenvalue weighted by molar-refractivity contribution is 7.91. The van der Waals surface area contributed by atoms with E-state index in [2.05, 4.69) is 10.2 Å². The maximum atomic E-state index is 11.3. The van der Waals surface area contributed by atoms with Crippen LogP contribution in [-0.2, 0) is 10.0 Å². The van der Waals surface area contributed by atoms with Gasteiger partial charge in [-0.05, 0) is 18.2 Å². The summed E-state index contributed by atoms with van der Waals surface area (Å²) >= 11 is 1.12. The van der Waals surface area contributed by atoms with Crippen LogP contribution in [0.1, 0.15) is 0 Å². The van der Waals surface area contributed by atoms with Crippen LogP contribution in [0.4, 0.5) is 0 Å². The van der Waals surface area contributed by atoms with Gasteiger partial charge >= 0.3 is 0 Å². The number of rotatable bonds is 3.